The monoisotopic (exact) mass is 138 g/mol. The van der Waals surface area contributed by atoms with Crippen molar-refractivity contribution in [3.63, 3.8) is 0 Å². The number of nitrogens with zero attached hydrogens (tertiary/aromatic N) is 3. The van der Waals surface area contributed by atoms with Gasteiger partial charge in [-0.3, -0.25) is 10.1 Å². The van der Waals surface area contributed by atoms with Gasteiger partial charge in [0.05, 0.1) is 12.5 Å². The number of hydrogen-bond donors (Lipinski definition) is 1. The fraction of sp³-hybridized carbons (Fsp3) is 0.333. The van der Waals surface area contributed by atoms with E-state index in [1.165, 1.54) is 0 Å². The van der Waals surface area contributed by atoms with Gasteiger partial charge in [0.15, 0.2) is 0 Å². The van der Waals surface area contributed by atoms with Crippen molar-refractivity contribution in [2.45, 2.75) is 0 Å². The maximum absolute atomic E-state index is 3.84. The highest BCUT2D eigenvalue weighted by atomic mass is 15.3. The van der Waals surface area contributed by atoms with Crippen LogP contribution >= 0.6 is 0 Å². The molecule has 0 saturated heterocycles. The first-order valence-electron chi connectivity index (χ1n) is 2.99. The summed E-state index contributed by atoms with van der Waals surface area (Å²) in [5.74, 6) is 0.936. The second-order valence-electron chi connectivity index (χ2n) is 1.93. The van der Waals surface area contributed by atoms with Gasteiger partial charge in [-0.1, -0.05) is 0 Å². The first-order valence-corrected chi connectivity index (χ1v) is 2.99. The maximum Gasteiger partial charge on any atom is 0.128 e. The van der Waals surface area contributed by atoms with Crippen molar-refractivity contribution < 1.29 is 0 Å². The zero-order chi connectivity index (χ0) is 7.40. The lowest BCUT2D eigenvalue weighted by atomic mass is 10.6. The average molecular weight is 138 g/mol. The number of aromatic amines is 1. The molecule has 0 bridgehead atoms. The van der Waals surface area contributed by atoms with Gasteiger partial charge >= 0.3 is 0 Å². The highest BCUT2D eigenvalue weighted by molar-refractivity contribution is 5.75. The quantitative estimate of drug-likeness (QED) is 0.478. The molecule has 1 aromatic rings. The predicted octanol–water partition coefficient (Wildman–Crippen LogP) is 0.504. The molecule has 4 heteroatoms. The third-order valence-electron chi connectivity index (χ3n) is 1.15. The fourth-order valence-corrected chi connectivity index (χ4v) is 0.680. The molecule has 0 aromatic carbocycles. The molecule has 1 aromatic heterocycles. The van der Waals surface area contributed by atoms with E-state index >= 15 is 0 Å². The minimum atomic E-state index is 0.936. The largest absolute Gasteiger partial charge is 0.321 e. The van der Waals surface area contributed by atoms with Gasteiger partial charge in [-0.15, -0.1) is 0 Å². The number of rotatable bonds is 2. The van der Waals surface area contributed by atoms with Gasteiger partial charge in [0.25, 0.3) is 0 Å². The van der Waals surface area contributed by atoms with E-state index in [4.69, 9.17) is 0 Å². The van der Waals surface area contributed by atoms with E-state index in [-0.39, 0.29) is 0 Å². The SMILES string of the molecule is CN=CN(C)c1ccn[nH]1. The molecule has 1 N–H and O–H groups in total. The smallest absolute Gasteiger partial charge is 0.128 e. The van der Waals surface area contributed by atoms with Crippen LogP contribution in [0, 0.1) is 0 Å². The number of aliphatic imine (C=N–C) groups is 1. The average Bonchev–Trinajstić information content (AvgIpc) is 2.38. The molecule has 0 aliphatic carbocycles. The molecule has 4 nitrogen and oxygen atoms in total. The lowest BCUT2D eigenvalue weighted by Gasteiger charge is -2.07. The Bertz CT molecular complexity index is 202. The van der Waals surface area contributed by atoms with Crippen molar-refractivity contribution in [2.75, 3.05) is 19.0 Å². The minimum absolute atomic E-state index is 0.936. The molecule has 0 saturated carbocycles. The van der Waals surface area contributed by atoms with Crippen LogP contribution in [-0.2, 0) is 0 Å². The molecule has 0 radical (unpaired) electrons. The molecule has 1 rings (SSSR count). The summed E-state index contributed by atoms with van der Waals surface area (Å²) in [5.41, 5.74) is 0. The zero-order valence-electron chi connectivity index (χ0n) is 6.07. The van der Waals surface area contributed by atoms with E-state index in [9.17, 15) is 0 Å². The third-order valence-corrected chi connectivity index (χ3v) is 1.15. The van der Waals surface area contributed by atoms with E-state index in [1.54, 1.807) is 19.6 Å². The molecule has 0 aliphatic heterocycles. The molecule has 0 spiro atoms. The Balaban J connectivity index is 2.67. The van der Waals surface area contributed by atoms with Crippen LogP contribution in [0.3, 0.4) is 0 Å². The Labute approximate surface area is 59.6 Å². The molecule has 10 heavy (non-hydrogen) atoms. The Morgan fingerprint density at radius 3 is 3.10 bits per heavy atom. The summed E-state index contributed by atoms with van der Waals surface area (Å²) in [7, 11) is 3.63. The van der Waals surface area contributed by atoms with Gasteiger partial charge < -0.3 is 4.90 Å². The van der Waals surface area contributed by atoms with Gasteiger partial charge in [-0.2, -0.15) is 5.10 Å². The summed E-state index contributed by atoms with van der Waals surface area (Å²) in [6.07, 6.45) is 3.42. The van der Waals surface area contributed by atoms with E-state index in [1.807, 2.05) is 18.0 Å². The van der Waals surface area contributed by atoms with Gasteiger partial charge in [0, 0.05) is 20.2 Å². The Morgan fingerprint density at radius 2 is 2.60 bits per heavy atom. The van der Waals surface area contributed by atoms with Crippen LogP contribution in [0.5, 0.6) is 0 Å². The van der Waals surface area contributed by atoms with Crippen LogP contribution in [0.25, 0.3) is 0 Å². The van der Waals surface area contributed by atoms with Crippen LogP contribution in [0.4, 0.5) is 5.82 Å². The van der Waals surface area contributed by atoms with Crippen molar-refractivity contribution in [3.8, 4) is 0 Å². The molecule has 0 aliphatic rings. The zero-order valence-corrected chi connectivity index (χ0v) is 6.07. The normalized spacial score (nSPS) is 10.6. The molecule has 0 unspecified atom stereocenters. The van der Waals surface area contributed by atoms with Crippen molar-refractivity contribution in [1.29, 1.82) is 0 Å². The van der Waals surface area contributed by atoms with Gasteiger partial charge in [0.2, 0.25) is 0 Å². The van der Waals surface area contributed by atoms with E-state index in [2.05, 4.69) is 15.2 Å². The molecule has 54 valence electrons. The van der Waals surface area contributed by atoms with Crippen LogP contribution in [-0.4, -0.2) is 30.6 Å². The van der Waals surface area contributed by atoms with Gasteiger partial charge in [-0.05, 0) is 0 Å². The van der Waals surface area contributed by atoms with Crippen molar-refractivity contribution in [1.82, 2.24) is 10.2 Å². The summed E-state index contributed by atoms with van der Waals surface area (Å²) >= 11 is 0. The van der Waals surface area contributed by atoms with Gasteiger partial charge in [0.1, 0.15) is 5.82 Å². The first kappa shape index (κ1) is 6.80. The lowest BCUT2D eigenvalue weighted by Crippen LogP contribution is -2.14. The standard InChI is InChI=1S/C6H10N4/c1-7-5-10(2)6-3-4-8-9-6/h3-5H,1-2H3,(H,8,9). The summed E-state index contributed by atoms with van der Waals surface area (Å²) in [6.45, 7) is 0. The molecular weight excluding hydrogens is 128 g/mol. The summed E-state index contributed by atoms with van der Waals surface area (Å²) in [6, 6.07) is 1.88. The number of anilines is 1. The number of hydrogen-bond acceptors (Lipinski definition) is 2. The first-order chi connectivity index (χ1) is 4.84. The van der Waals surface area contributed by atoms with Crippen LogP contribution < -0.4 is 4.90 Å². The summed E-state index contributed by atoms with van der Waals surface area (Å²) in [4.78, 5) is 5.70. The second kappa shape index (κ2) is 3.00. The highest BCUT2D eigenvalue weighted by Crippen LogP contribution is 2.02. The lowest BCUT2D eigenvalue weighted by molar-refractivity contribution is 1.06. The minimum Gasteiger partial charge on any atom is -0.321 e. The maximum atomic E-state index is 3.84. The number of aromatic nitrogens is 2. The number of H-pyrrole nitrogens is 1. The summed E-state index contributed by atoms with van der Waals surface area (Å²) in [5, 5.41) is 6.60. The Kier molecular flexibility index (Phi) is 2.04. The third kappa shape index (κ3) is 1.34. The van der Waals surface area contributed by atoms with E-state index in [0.29, 0.717) is 0 Å². The second-order valence-corrected chi connectivity index (χ2v) is 1.93. The molecule has 0 atom stereocenters. The van der Waals surface area contributed by atoms with Crippen LogP contribution in [0.15, 0.2) is 17.3 Å². The van der Waals surface area contributed by atoms with Gasteiger partial charge in [-0.25, -0.2) is 0 Å². The Hall–Kier alpha value is -1.32. The molecule has 1 heterocycles. The van der Waals surface area contributed by atoms with Crippen molar-refractivity contribution >= 4 is 12.2 Å². The van der Waals surface area contributed by atoms with Crippen LogP contribution in [0.2, 0.25) is 0 Å². The fourth-order valence-electron chi connectivity index (χ4n) is 0.680. The predicted molar refractivity (Wildman–Crippen MR) is 41.4 cm³/mol. The molecular formula is C6H10N4. The molecule has 0 amide bonds. The number of nitrogens with one attached hydrogen (secondary N) is 1. The molecule has 0 fully saturated rings. The van der Waals surface area contributed by atoms with Crippen LogP contribution in [0.1, 0.15) is 0 Å². The topological polar surface area (TPSA) is 44.3 Å². The Morgan fingerprint density at radius 1 is 1.80 bits per heavy atom. The highest BCUT2D eigenvalue weighted by Gasteiger charge is 1.94. The van der Waals surface area contributed by atoms with E-state index < -0.39 is 0 Å². The van der Waals surface area contributed by atoms with E-state index in [0.717, 1.165) is 5.82 Å². The summed E-state index contributed by atoms with van der Waals surface area (Å²) < 4.78 is 0. The van der Waals surface area contributed by atoms with Crippen molar-refractivity contribution in [3.05, 3.63) is 12.3 Å². The van der Waals surface area contributed by atoms with Crippen molar-refractivity contribution in [2.24, 2.45) is 4.99 Å².